The number of hydrogen-bond acceptors (Lipinski definition) is 5. The fraction of sp³-hybridized carbons (Fsp3) is 0.389. The topological polar surface area (TPSA) is 98.5 Å². The molecule has 0 fully saturated rings. The van der Waals surface area contributed by atoms with Gasteiger partial charge in [-0.15, -0.1) is 0 Å². The molecule has 0 aliphatic carbocycles. The highest BCUT2D eigenvalue weighted by Gasteiger charge is 2.50. The van der Waals surface area contributed by atoms with Crippen LogP contribution in [0.1, 0.15) is 12.5 Å². The molecule has 30 heavy (non-hydrogen) atoms. The van der Waals surface area contributed by atoms with Crippen molar-refractivity contribution in [3.63, 3.8) is 0 Å². The molecule has 0 amide bonds. The zero-order valence-electron chi connectivity index (χ0n) is 16.4. The number of benzene rings is 1. The van der Waals surface area contributed by atoms with Gasteiger partial charge in [-0.2, -0.15) is 27.0 Å². The number of nitriles is 1. The zero-order valence-corrected chi connectivity index (χ0v) is 18.0. The van der Waals surface area contributed by atoms with Crippen molar-refractivity contribution < 1.29 is 30.0 Å². The van der Waals surface area contributed by atoms with Gasteiger partial charge in [-0.05, 0) is 26.0 Å². The van der Waals surface area contributed by atoms with Crippen molar-refractivity contribution in [2.24, 2.45) is 0 Å². The predicted octanol–water partition coefficient (Wildman–Crippen LogP) is 2.79. The quantitative estimate of drug-likeness (QED) is 0.391. The van der Waals surface area contributed by atoms with E-state index in [1.165, 1.54) is 24.3 Å². The maximum absolute atomic E-state index is 12.9. The van der Waals surface area contributed by atoms with Gasteiger partial charge in [0.1, 0.15) is 6.54 Å². The van der Waals surface area contributed by atoms with Crippen molar-refractivity contribution in [3.05, 3.63) is 54.1 Å². The van der Waals surface area contributed by atoms with Gasteiger partial charge in [0.25, 0.3) is 0 Å². The van der Waals surface area contributed by atoms with Crippen molar-refractivity contribution in [2.45, 2.75) is 24.3 Å². The Labute approximate surface area is 174 Å². The lowest BCUT2D eigenvalue weighted by Crippen LogP contribution is -2.45. The summed E-state index contributed by atoms with van der Waals surface area (Å²) in [6, 6.07) is 7.20. The maximum Gasteiger partial charge on any atom is 0.511 e. The Balaban J connectivity index is 3.22. The Hall–Kier alpha value is -2.20. The summed E-state index contributed by atoms with van der Waals surface area (Å²) in [6.07, 6.45) is 6.35. The lowest BCUT2D eigenvalue weighted by Gasteiger charge is -2.25. The van der Waals surface area contributed by atoms with Gasteiger partial charge in [0.05, 0.1) is 11.0 Å². The summed E-state index contributed by atoms with van der Waals surface area (Å²) in [5.41, 5.74) is -4.79. The number of aryl methyl sites for hydroxylation is 1. The lowest BCUT2D eigenvalue weighted by atomic mass is 10.2. The first-order valence-corrected chi connectivity index (χ1v) is 11.5. The van der Waals surface area contributed by atoms with Gasteiger partial charge in [-0.25, -0.2) is 16.8 Å². The molecule has 0 N–H and O–H groups in total. The van der Waals surface area contributed by atoms with Gasteiger partial charge in [-0.3, -0.25) is 0 Å². The Kier molecular flexibility index (Phi) is 9.23. The second kappa shape index (κ2) is 10.7. The van der Waals surface area contributed by atoms with Crippen LogP contribution >= 0.6 is 0 Å². The average molecular weight is 466 g/mol. The van der Waals surface area contributed by atoms with Crippen molar-refractivity contribution in [2.75, 3.05) is 26.2 Å². The Morgan fingerprint density at radius 2 is 1.60 bits per heavy atom. The van der Waals surface area contributed by atoms with Gasteiger partial charge in [-0.1, -0.05) is 42.0 Å². The fourth-order valence-electron chi connectivity index (χ4n) is 2.27. The molecule has 1 aromatic carbocycles. The zero-order chi connectivity index (χ0) is 23.0. The second-order valence-electron chi connectivity index (χ2n) is 6.07. The van der Waals surface area contributed by atoms with Crippen molar-refractivity contribution in [1.82, 2.24) is 8.61 Å². The average Bonchev–Trinajstić information content (AvgIpc) is 2.65. The Morgan fingerprint density at radius 1 is 1.03 bits per heavy atom. The second-order valence-corrected chi connectivity index (χ2v) is 9.94. The highest BCUT2D eigenvalue weighted by molar-refractivity contribution is 7.90. The number of halogens is 3. The molecule has 1 rings (SSSR count). The molecule has 0 bridgehead atoms. The van der Waals surface area contributed by atoms with E-state index < -0.39 is 45.2 Å². The maximum atomic E-state index is 12.9. The van der Waals surface area contributed by atoms with E-state index in [4.69, 9.17) is 5.26 Å². The minimum Gasteiger partial charge on any atom is -0.207 e. The van der Waals surface area contributed by atoms with Crippen molar-refractivity contribution >= 4 is 20.0 Å². The minimum absolute atomic E-state index is 0.0830. The van der Waals surface area contributed by atoms with Crippen LogP contribution in [0.25, 0.3) is 0 Å². The summed E-state index contributed by atoms with van der Waals surface area (Å²) < 4.78 is 88.6. The molecule has 0 radical (unpaired) electrons. The van der Waals surface area contributed by atoms with Crippen molar-refractivity contribution in [3.8, 4) is 6.07 Å². The third kappa shape index (κ3) is 6.66. The third-order valence-electron chi connectivity index (χ3n) is 3.89. The van der Waals surface area contributed by atoms with Gasteiger partial charge >= 0.3 is 15.5 Å². The summed E-state index contributed by atoms with van der Waals surface area (Å²) in [5, 5.41) is 8.72. The third-order valence-corrected chi connectivity index (χ3v) is 7.34. The molecule has 0 atom stereocenters. The molecule has 0 spiro atoms. The monoisotopic (exact) mass is 465 g/mol. The van der Waals surface area contributed by atoms with E-state index in [-0.39, 0.29) is 15.7 Å². The van der Waals surface area contributed by atoms with Crippen LogP contribution in [0, 0.1) is 18.3 Å². The molecular formula is C18H22F3N3O4S2. The first-order chi connectivity index (χ1) is 13.9. The van der Waals surface area contributed by atoms with E-state index >= 15 is 0 Å². The fourth-order valence-corrected chi connectivity index (χ4v) is 4.49. The Bertz CT molecular complexity index is 1010. The molecule has 0 aliphatic heterocycles. The molecule has 0 saturated carbocycles. The van der Waals surface area contributed by atoms with Crippen molar-refractivity contribution in [1.29, 1.82) is 5.26 Å². The van der Waals surface area contributed by atoms with Gasteiger partial charge in [0.15, 0.2) is 0 Å². The molecule has 0 aromatic heterocycles. The minimum atomic E-state index is -5.78. The van der Waals surface area contributed by atoms with Crippen LogP contribution < -0.4 is 0 Å². The smallest absolute Gasteiger partial charge is 0.207 e. The predicted molar refractivity (Wildman–Crippen MR) is 106 cm³/mol. The molecule has 1 aromatic rings. The van der Waals surface area contributed by atoms with Crippen LogP contribution in [0.5, 0.6) is 0 Å². The van der Waals surface area contributed by atoms with E-state index in [1.807, 2.05) is 0 Å². The molecule has 0 heterocycles. The van der Waals surface area contributed by atoms with Gasteiger partial charge in [0, 0.05) is 19.6 Å². The highest BCUT2D eigenvalue weighted by atomic mass is 32.2. The molecule has 0 unspecified atom stereocenters. The Morgan fingerprint density at radius 3 is 2.10 bits per heavy atom. The lowest BCUT2D eigenvalue weighted by molar-refractivity contribution is -0.0486. The first kappa shape index (κ1) is 25.8. The van der Waals surface area contributed by atoms with E-state index in [0.717, 1.165) is 9.87 Å². The molecule has 0 saturated heterocycles. The summed E-state index contributed by atoms with van der Waals surface area (Å²) in [5.74, 6) is 0. The van der Waals surface area contributed by atoms with Crippen LogP contribution in [-0.2, 0) is 20.0 Å². The van der Waals surface area contributed by atoms with E-state index in [0.29, 0.717) is 0 Å². The molecule has 0 aliphatic rings. The summed E-state index contributed by atoms with van der Waals surface area (Å²) in [4.78, 5) is -0.0851. The van der Waals surface area contributed by atoms with Gasteiger partial charge < -0.3 is 0 Å². The largest absolute Gasteiger partial charge is 0.511 e. The van der Waals surface area contributed by atoms with Crippen LogP contribution in [0.2, 0.25) is 0 Å². The van der Waals surface area contributed by atoms with E-state index in [2.05, 4.69) is 0 Å². The standard InChI is InChI=1S/C18H22F3N3O4S2/c1-3-4-5-6-12-23(29(25,26)17-9-7-16(2)8-10-17)14-15-24(13-11-22)30(27,28)18(19,20)21/h3-10H,12-15H2,1-2H3/b4-3+,6-5+. The summed E-state index contributed by atoms with van der Waals surface area (Å²) in [6.45, 7) is 0.829. The number of hydrogen-bond donors (Lipinski definition) is 0. The number of sulfonamides is 2. The van der Waals surface area contributed by atoms with Crippen LogP contribution in [0.3, 0.4) is 0 Å². The number of rotatable bonds is 10. The molecule has 166 valence electrons. The first-order valence-electron chi connectivity index (χ1n) is 8.66. The SMILES string of the molecule is C/C=C/C=C/CN(CCN(CC#N)S(=O)(=O)C(F)(F)F)S(=O)(=O)c1ccc(C)cc1. The molecular weight excluding hydrogens is 443 g/mol. The molecule has 12 heteroatoms. The van der Waals surface area contributed by atoms with Gasteiger partial charge in [0.2, 0.25) is 10.0 Å². The van der Waals surface area contributed by atoms with Crippen LogP contribution in [0.4, 0.5) is 13.2 Å². The van der Waals surface area contributed by atoms with Crippen LogP contribution in [-0.4, -0.2) is 57.1 Å². The number of alkyl halides is 3. The normalized spacial score (nSPS) is 13.5. The molecule has 7 nitrogen and oxygen atoms in total. The van der Waals surface area contributed by atoms with Crippen LogP contribution in [0.15, 0.2) is 53.5 Å². The number of allylic oxidation sites excluding steroid dienone is 3. The summed E-state index contributed by atoms with van der Waals surface area (Å²) in [7, 11) is -9.91. The van der Waals surface area contributed by atoms with E-state index in [9.17, 15) is 30.0 Å². The number of nitrogens with zero attached hydrogens (tertiary/aromatic N) is 3. The summed E-state index contributed by atoms with van der Waals surface area (Å²) >= 11 is 0. The highest BCUT2D eigenvalue weighted by Crippen LogP contribution is 2.27. The van der Waals surface area contributed by atoms with E-state index in [1.54, 1.807) is 44.2 Å².